The average molecular weight is 663 g/mol. The monoisotopic (exact) mass is 662 g/mol. The molecule has 4 N–H and O–H groups in total. The maximum atomic E-state index is 9.96. The van der Waals surface area contributed by atoms with Crippen molar-refractivity contribution in [3.63, 3.8) is 0 Å². The van der Waals surface area contributed by atoms with Crippen LogP contribution in [0.15, 0.2) is 0 Å². The van der Waals surface area contributed by atoms with Gasteiger partial charge in [0.05, 0.1) is 10.4 Å². The van der Waals surface area contributed by atoms with Crippen molar-refractivity contribution in [1.29, 1.82) is 0 Å². The van der Waals surface area contributed by atoms with Crippen LogP contribution in [-0.2, 0) is 4.74 Å². The van der Waals surface area contributed by atoms with Gasteiger partial charge in [-0.15, -0.1) is 0 Å². The van der Waals surface area contributed by atoms with Crippen molar-refractivity contribution in [2.45, 2.75) is 243 Å². The highest BCUT2D eigenvalue weighted by molar-refractivity contribution is 9.10. The van der Waals surface area contributed by atoms with Crippen LogP contribution < -0.4 is 6.15 Å². The summed E-state index contributed by atoms with van der Waals surface area (Å²) in [5.74, 6) is 0. The lowest BCUT2D eigenvalue weighted by atomic mass is 9.88. The molecule has 0 heterocycles. The number of hydrogen-bond donors (Lipinski definition) is 2. The van der Waals surface area contributed by atoms with Crippen LogP contribution in [-0.4, -0.2) is 21.8 Å². The molecule has 256 valence electrons. The summed E-state index contributed by atoms with van der Waals surface area (Å²) < 4.78 is 6.02. The largest absolute Gasteiger partial charge is 0.368 e. The third kappa shape index (κ3) is 29.1. The van der Waals surface area contributed by atoms with Gasteiger partial charge in [-0.25, -0.2) is 0 Å². The molecule has 0 aliphatic heterocycles. The second kappa shape index (κ2) is 34.2. The molecule has 0 aromatic carbocycles. The summed E-state index contributed by atoms with van der Waals surface area (Å²) in [5, 5.41) is 9.96. The van der Waals surface area contributed by atoms with E-state index in [4.69, 9.17) is 4.74 Å². The molecular formula is C38H80BrNO2. The zero-order valence-corrected chi connectivity index (χ0v) is 31.1. The Morgan fingerprint density at radius 2 is 0.714 bits per heavy atom. The van der Waals surface area contributed by atoms with Crippen LogP contribution in [0.1, 0.15) is 227 Å². The van der Waals surface area contributed by atoms with Gasteiger partial charge in [-0.05, 0) is 26.2 Å². The fourth-order valence-electron chi connectivity index (χ4n) is 6.50. The number of aliphatic hydroxyl groups excluding tert-OH is 1. The minimum Gasteiger partial charge on any atom is -0.368 e. The number of unbranched alkanes of at least 4 members (excludes halogenated alkanes) is 26. The Labute approximate surface area is 274 Å². The third-order valence-electron chi connectivity index (χ3n) is 9.20. The predicted octanol–water partition coefficient (Wildman–Crippen LogP) is 14.2. The Balaban J connectivity index is 0. The van der Waals surface area contributed by atoms with Gasteiger partial charge < -0.3 is 16.0 Å². The second-order valence-corrected chi connectivity index (χ2v) is 14.9. The Bertz CT molecular complexity index is 469. The van der Waals surface area contributed by atoms with Gasteiger partial charge in [-0.2, -0.15) is 0 Å². The molecule has 2 unspecified atom stereocenters. The highest BCUT2D eigenvalue weighted by atomic mass is 79.9. The summed E-state index contributed by atoms with van der Waals surface area (Å²) >= 11 is 4.18. The molecule has 0 aromatic rings. The van der Waals surface area contributed by atoms with Gasteiger partial charge in [-0.1, -0.05) is 216 Å². The molecule has 0 spiro atoms. The molecule has 4 heteroatoms. The number of hydrogen-bond acceptors (Lipinski definition) is 3. The van der Waals surface area contributed by atoms with Crippen molar-refractivity contribution in [2.75, 3.05) is 0 Å². The van der Waals surface area contributed by atoms with E-state index in [1.165, 1.54) is 180 Å². The lowest BCUT2D eigenvalue weighted by Crippen LogP contribution is -2.40. The Morgan fingerprint density at radius 3 is 0.929 bits per heavy atom. The van der Waals surface area contributed by atoms with E-state index in [0.29, 0.717) is 0 Å². The highest BCUT2D eigenvalue weighted by Crippen LogP contribution is 2.38. The maximum Gasteiger partial charge on any atom is 0.152 e. The Morgan fingerprint density at radius 1 is 0.476 bits per heavy atom. The molecule has 0 saturated heterocycles. The summed E-state index contributed by atoms with van der Waals surface area (Å²) in [4.78, 5) is 0. The number of rotatable bonds is 34. The first-order valence-corrected chi connectivity index (χ1v) is 19.8. The minimum absolute atomic E-state index is 0. The topological polar surface area (TPSA) is 64.5 Å². The number of aliphatic hydroxyl groups is 1. The van der Waals surface area contributed by atoms with Crippen molar-refractivity contribution in [1.82, 2.24) is 6.15 Å². The van der Waals surface area contributed by atoms with Crippen molar-refractivity contribution >= 4 is 15.9 Å². The van der Waals surface area contributed by atoms with E-state index in [9.17, 15) is 5.11 Å². The molecule has 0 saturated carbocycles. The van der Waals surface area contributed by atoms with Gasteiger partial charge in [0.15, 0.2) is 6.29 Å². The van der Waals surface area contributed by atoms with Crippen LogP contribution in [0.2, 0.25) is 0 Å². The van der Waals surface area contributed by atoms with E-state index >= 15 is 0 Å². The highest BCUT2D eigenvalue weighted by Gasteiger charge is 2.35. The van der Waals surface area contributed by atoms with Crippen molar-refractivity contribution < 1.29 is 9.84 Å². The molecule has 0 aliphatic carbocycles. The van der Waals surface area contributed by atoms with Crippen molar-refractivity contribution in [2.24, 2.45) is 0 Å². The van der Waals surface area contributed by atoms with Gasteiger partial charge in [0.2, 0.25) is 0 Å². The molecule has 0 fully saturated rings. The fraction of sp³-hybridized carbons (Fsp3) is 1.00. The van der Waals surface area contributed by atoms with E-state index in [0.717, 1.165) is 19.3 Å². The van der Waals surface area contributed by atoms with Crippen LogP contribution >= 0.6 is 15.9 Å². The molecule has 0 radical (unpaired) electrons. The van der Waals surface area contributed by atoms with Crippen LogP contribution in [0.5, 0.6) is 0 Å². The Kier molecular flexibility index (Phi) is 36.3. The van der Waals surface area contributed by atoms with Gasteiger partial charge in [0, 0.05) is 0 Å². The SMILES string of the molecule is CCCCCCCCCCCCCCCCC(Br)(CCCCCCCCCCCCCCCC)C(CC)OC(C)O.N. The zero-order valence-electron chi connectivity index (χ0n) is 29.5. The third-order valence-corrected chi connectivity index (χ3v) is 10.5. The smallest absolute Gasteiger partial charge is 0.152 e. The number of ether oxygens (including phenoxy) is 1. The summed E-state index contributed by atoms with van der Waals surface area (Å²) in [6.07, 6.45) is 41.9. The lowest BCUT2D eigenvalue weighted by molar-refractivity contribution is -0.136. The van der Waals surface area contributed by atoms with Gasteiger partial charge in [0.1, 0.15) is 0 Å². The van der Waals surface area contributed by atoms with Crippen LogP contribution in [0.4, 0.5) is 0 Å². The summed E-state index contributed by atoms with van der Waals surface area (Å²) in [5.41, 5.74) is 0. The van der Waals surface area contributed by atoms with Crippen molar-refractivity contribution in [3.05, 3.63) is 0 Å². The molecule has 0 aromatic heterocycles. The summed E-state index contributed by atoms with van der Waals surface area (Å²) in [6, 6.07) is 0. The normalized spacial score (nSPS) is 13.3. The molecule has 2 atom stereocenters. The molecule has 0 aliphatic rings. The molecule has 0 bridgehead atoms. The minimum atomic E-state index is -0.690. The molecule has 3 nitrogen and oxygen atoms in total. The van der Waals surface area contributed by atoms with Crippen molar-refractivity contribution in [3.8, 4) is 0 Å². The van der Waals surface area contributed by atoms with E-state index in [-0.39, 0.29) is 16.6 Å². The Hall–Kier alpha value is 0.360. The number of halogens is 1. The second-order valence-electron chi connectivity index (χ2n) is 13.4. The maximum absolute atomic E-state index is 9.96. The molecule has 0 rings (SSSR count). The summed E-state index contributed by atoms with van der Waals surface area (Å²) in [7, 11) is 0. The zero-order chi connectivity index (χ0) is 30.3. The lowest BCUT2D eigenvalue weighted by Gasteiger charge is -2.36. The first-order valence-electron chi connectivity index (χ1n) is 19.0. The van der Waals surface area contributed by atoms with Crippen LogP contribution in [0, 0.1) is 0 Å². The van der Waals surface area contributed by atoms with Crippen LogP contribution in [0.3, 0.4) is 0 Å². The van der Waals surface area contributed by atoms with Gasteiger partial charge in [-0.3, -0.25) is 0 Å². The first kappa shape index (κ1) is 44.5. The number of alkyl halides is 1. The van der Waals surface area contributed by atoms with Gasteiger partial charge in [0.25, 0.3) is 0 Å². The predicted molar refractivity (Wildman–Crippen MR) is 193 cm³/mol. The molecule has 0 amide bonds. The molecular weight excluding hydrogens is 582 g/mol. The fourth-order valence-corrected chi connectivity index (χ4v) is 7.49. The van der Waals surface area contributed by atoms with E-state index in [1.807, 2.05) is 0 Å². The van der Waals surface area contributed by atoms with Crippen LogP contribution in [0.25, 0.3) is 0 Å². The van der Waals surface area contributed by atoms with E-state index < -0.39 is 6.29 Å². The first-order chi connectivity index (χ1) is 20.0. The van der Waals surface area contributed by atoms with Gasteiger partial charge >= 0.3 is 0 Å². The summed E-state index contributed by atoms with van der Waals surface area (Å²) in [6.45, 7) is 8.56. The molecule has 42 heavy (non-hydrogen) atoms. The van der Waals surface area contributed by atoms with E-state index in [2.05, 4.69) is 36.7 Å². The van der Waals surface area contributed by atoms with E-state index in [1.54, 1.807) is 6.92 Å². The standard InChI is InChI=1S/C38H77BrO2.H3N/c1-5-8-10-12-14-16-18-20-22-24-26-28-30-32-34-38(39,37(7-3)41-36(4)40)35-33-31-29-27-25-23-21-19-17-15-13-11-9-6-2;/h36-37,40H,5-35H2,1-4H3;1H3. The average Bonchev–Trinajstić information content (AvgIpc) is 2.96. The quantitative estimate of drug-likeness (QED) is 0.0409.